The first-order valence-corrected chi connectivity index (χ1v) is 5.60. The molecule has 0 heterocycles. The average Bonchev–Trinajstić information content (AvgIpc) is 2.37. The lowest BCUT2D eigenvalue weighted by molar-refractivity contribution is -0.120. The normalized spacial score (nSPS) is 9.78. The van der Waals surface area contributed by atoms with Gasteiger partial charge in [-0.05, 0) is 17.7 Å². The van der Waals surface area contributed by atoms with Gasteiger partial charge in [0.15, 0.2) is 0 Å². The van der Waals surface area contributed by atoms with Crippen LogP contribution < -0.4 is 16.4 Å². The molecule has 96 valence electrons. The van der Waals surface area contributed by atoms with Crippen LogP contribution in [0.15, 0.2) is 36.9 Å². The number of hydrogen-bond donors (Lipinski definition) is 3. The number of primary amides is 1. The van der Waals surface area contributed by atoms with E-state index in [9.17, 15) is 9.59 Å². The van der Waals surface area contributed by atoms with Crippen LogP contribution in [-0.4, -0.2) is 24.9 Å². The van der Waals surface area contributed by atoms with Gasteiger partial charge in [0.1, 0.15) is 0 Å². The maximum Gasteiger partial charge on any atom is 0.248 e. The minimum Gasteiger partial charge on any atom is -0.366 e. The molecule has 0 atom stereocenters. The van der Waals surface area contributed by atoms with E-state index >= 15 is 0 Å². The van der Waals surface area contributed by atoms with Crippen molar-refractivity contribution >= 4 is 11.8 Å². The molecular weight excluding hydrogens is 230 g/mol. The van der Waals surface area contributed by atoms with E-state index in [-0.39, 0.29) is 12.5 Å². The van der Waals surface area contributed by atoms with Crippen LogP contribution in [0, 0.1) is 0 Å². The number of nitrogens with one attached hydrogen (secondary N) is 2. The number of nitrogens with two attached hydrogens (primary N) is 1. The van der Waals surface area contributed by atoms with E-state index in [0.29, 0.717) is 18.7 Å². The highest BCUT2D eigenvalue weighted by atomic mass is 16.2. The summed E-state index contributed by atoms with van der Waals surface area (Å²) in [5.41, 5.74) is 6.45. The minimum atomic E-state index is -0.476. The lowest BCUT2D eigenvalue weighted by Gasteiger charge is -2.06. The van der Waals surface area contributed by atoms with Gasteiger partial charge in [-0.25, -0.2) is 0 Å². The molecule has 18 heavy (non-hydrogen) atoms. The standard InChI is InChI=1S/C13H17N3O2/c1-2-6-15-9-12(17)16-8-10-4-3-5-11(7-10)13(14)18/h2-5,7,15H,1,6,8-9H2,(H2,14,18)(H,16,17). The van der Waals surface area contributed by atoms with Gasteiger partial charge in [0.25, 0.3) is 0 Å². The molecule has 0 aliphatic rings. The average molecular weight is 247 g/mol. The lowest BCUT2D eigenvalue weighted by Crippen LogP contribution is -2.33. The Morgan fingerprint density at radius 2 is 2.17 bits per heavy atom. The Hall–Kier alpha value is -2.14. The Labute approximate surface area is 106 Å². The Bertz CT molecular complexity index is 444. The first kappa shape index (κ1) is 13.9. The maximum atomic E-state index is 11.4. The molecule has 0 radical (unpaired) electrons. The second-order valence-electron chi connectivity index (χ2n) is 3.76. The van der Waals surface area contributed by atoms with Gasteiger partial charge < -0.3 is 16.4 Å². The van der Waals surface area contributed by atoms with Crippen molar-refractivity contribution in [3.05, 3.63) is 48.0 Å². The van der Waals surface area contributed by atoms with Crippen molar-refractivity contribution in [2.75, 3.05) is 13.1 Å². The van der Waals surface area contributed by atoms with Gasteiger partial charge in [-0.15, -0.1) is 6.58 Å². The highest BCUT2D eigenvalue weighted by molar-refractivity contribution is 5.92. The fourth-order valence-electron chi connectivity index (χ4n) is 1.39. The van der Waals surface area contributed by atoms with Crippen LogP contribution in [0.1, 0.15) is 15.9 Å². The van der Waals surface area contributed by atoms with Crippen LogP contribution in [0.2, 0.25) is 0 Å². The fraction of sp³-hybridized carbons (Fsp3) is 0.231. The van der Waals surface area contributed by atoms with Crippen LogP contribution in [-0.2, 0) is 11.3 Å². The highest BCUT2D eigenvalue weighted by Crippen LogP contribution is 2.04. The zero-order chi connectivity index (χ0) is 13.4. The Morgan fingerprint density at radius 3 is 2.83 bits per heavy atom. The van der Waals surface area contributed by atoms with Crippen molar-refractivity contribution in [2.24, 2.45) is 5.73 Å². The van der Waals surface area contributed by atoms with E-state index in [1.807, 2.05) is 6.07 Å². The van der Waals surface area contributed by atoms with E-state index in [1.165, 1.54) is 0 Å². The predicted molar refractivity (Wildman–Crippen MR) is 69.9 cm³/mol. The van der Waals surface area contributed by atoms with E-state index in [1.54, 1.807) is 24.3 Å². The van der Waals surface area contributed by atoms with Gasteiger partial charge in [0.05, 0.1) is 6.54 Å². The first-order chi connectivity index (χ1) is 8.63. The van der Waals surface area contributed by atoms with Gasteiger partial charge >= 0.3 is 0 Å². The molecule has 2 amide bonds. The van der Waals surface area contributed by atoms with Crippen LogP contribution >= 0.6 is 0 Å². The Morgan fingerprint density at radius 1 is 1.39 bits per heavy atom. The van der Waals surface area contributed by atoms with E-state index in [4.69, 9.17) is 5.73 Å². The largest absolute Gasteiger partial charge is 0.366 e. The summed E-state index contributed by atoms with van der Waals surface area (Å²) in [7, 11) is 0. The predicted octanol–water partition coefficient (Wildman–Crippen LogP) is 0.177. The molecule has 0 aromatic heterocycles. The lowest BCUT2D eigenvalue weighted by atomic mass is 10.1. The highest BCUT2D eigenvalue weighted by Gasteiger charge is 2.03. The fourth-order valence-corrected chi connectivity index (χ4v) is 1.39. The van der Waals surface area contributed by atoms with Crippen molar-refractivity contribution in [3.63, 3.8) is 0 Å². The molecule has 0 aliphatic carbocycles. The zero-order valence-electron chi connectivity index (χ0n) is 10.1. The molecule has 4 N–H and O–H groups in total. The minimum absolute atomic E-state index is 0.110. The molecule has 1 rings (SSSR count). The van der Waals surface area contributed by atoms with Crippen LogP contribution in [0.4, 0.5) is 0 Å². The number of amides is 2. The Kier molecular flexibility index (Phi) is 5.60. The number of benzene rings is 1. The maximum absolute atomic E-state index is 11.4. The summed E-state index contributed by atoms with van der Waals surface area (Å²) >= 11 is 0. The van der Waals surface area contributed by atoms with Crippen LogP contribution in [0.5, 0.6) is 0 Å². The zero-order valence-corrected chi connectivity index (χ0v) is 10.1. The van der Waals surface area contributed by atoms with Crippen molar-refractivity contribution < 1.29 is 9.59 Å². The number of carbonyl (C=O) groups is 2. The molecule has 5 heteroatoms. The number of hydrogen-bond acceptors (Lipinski definition) is 3. The number of carbonyl (C=O) groups excluding carboxylic acids is 2. The summed E-state index contributed by atoms with van der Waals surface area (Å²) < 4.78 is 0. The number of rotatable bonds is 7. The van der Waals surface area contributed by atoms with E-state index < -0.39 is 5.91 Å². The first-order valence-electron chi connectivity index (χ1n) is 5.60. The summed E-state index contributed by atoms with van der Waals surface area (Å²) in [6.45, 7) is 4.74. The summed E-state index contributed by atoms with van der Waals surface area (Å²) in [5, 5.41) is 5.63. The summed E-state index contributed by atoms with van der Waals surface area (Å²) in [4.78, 5) is 22.4. The molecule has 0 aliphatic heterocycles. The van der Waals surface area contributed by atoms with Gasteiger partial charge in [-0.3, -0.25) is 9.59 Å². The quantitative estimate of drug-likeness (QED) is 0.474. The molecule has 0 saturated heterocycles. The molecule has 0 spiro atoms. The third-order valence-corrected chi connectivity index (χ3v) is 2.28. The van der Waals surface area contributed by atoms with Crippen LogP contribution in [0.3, 0.4) is 0 Å². The molecule has 0 unspecified atom stereocenters. The topological polar surface area (TPSA) is 84.2 Å². The molecular formula is C13H17N3O2. The van der Waals surface area contributed by atoms with E-state index in [0.717, 1.165) is 5.56 Å². The van der Waals surface area contributed by atoms with E-state index in [2.05, 4.69) is 17.2 Å². The summed E-state index contributed by atoms with van der Waals surface area (Å²) in [6, 6.07) is 6.86. The van der Waals surface area contributed by atoms with Crippen molar-refractivity contribution in [1.29, 1.82) is 0 Å². The third-order valence-electron chi connectivity index (χ3n) is 2.28. The SMILES string of the molecule is C=CCNCC(=O)NCc1cccc(C(N)=O)c1. The van der Waals surface area contributed by atoms with Gasteiger partial charge in [-0.2, -0.15) is 0 Å². The molecule has 0 fully saturated rings. The summed E-state index contributed by atoms with van der Waals surface area (Å²) in [6.07, 6.45) is 1.68. The second kappa shape index (κ2) is 7.24. The smallest absolute Gasteiger partial charge is 0.248 e. The molecule has 0 saturated carbocycles. The van der Waals surface area contributed by atoms with Gasteiger partial charge in [-0.1, -0.05) is 18.2 Å². The van der Waals surface area contributed by atoms with Crippen LogP contribution in [0.25, 0.3) is 0 Å². The van der Waals surface area contributed by atoms with Gasteiger partial charge in [0.2, 0.25) is 11.8 Å². The second-order valence-corrected chi connectivity index (χ2v) is 3.76. The third kappa shape index (κ3) is 4.80. The molecule has 5 nitrogen and oxygen atoms in total. The van der Waals surface area contributed by atoms with Crippen molar-refractivity contribution in [2.45, 2.75) is 6.54 Å². The monoisotopic (exact) mass is 247 g/mol. The molecule has 1 aromatic rings. The molecule has 1 aromatic carbocycles. The Balaban J connectivity index is 2.43. The van der Waals surface area contributed by atoms with Gasteiger partial charge in [0, 0.05) is 18.7 Å². The summed E-state index contributed by atoms with van der Waals surface area (Å²) in [5.74, 6) is -0.586. The van der Waals surface area contributed by atoms with Crippen molar-refractivity contribution in [3.8, 4) is 0 Å². The van der Waals surface area contributed by atoms with Crippen molar-refractivity contribution in [1.82, 2.24) is 10.6 Å². The molecule has 0 bridgehead atoms.